The summed E-state index contributed by atoms with van der Waals surface area (Å²) in [5.41, 5.74) is 3.94. The highest BCUT2D eigenvalue weighted by molar-refractivity contribution is 5.80. The van der Waals surface area contributed by atoms with Gasteiger partial charge in [-0.05, 0) is 40.9 Å². The first-order chi connectivity index (χ1) is 13.8. The van der Waals surface area contributed by atoms with Crippen molar-refractivity contribution in [2.45, 2.75) is 58.9 Å². The van der Waals surface area contributed by atoms with Gasteiger partial charge in [-0.3, -0.25) is 4.79 Å². The van der Waals surface area contributed by atoms with E-state index in [4.69, 9.17) is 4.74 Å². The Hall–Kier alpha value is -2.13. The average Bonchev–Trinajstić information content (AvgIpc) is 3.14. The fourth-order valence-electron chi connectivity index (χ4n) is 4.00. The predicted molar refractivity (Wildman–Crippen MR) is 119 cm³/mol. The molecule has 0 radical (unpaired) electrons. The molecule has 1 heterocycles. The van der Waals surface area contributed by atoms with Crippen molar-refractivity contribution in [2.24, 2.45) is 11.8 Å². The minimum atomic E-state index is -0.0320. The van der Waals surface area contributed by atoms with E-state index in [-0.39, 0.29) is 29.2 Å². The van der Waals surface area contributed by atoms with Crippen molar-refractivity contribution in [1.29, 1.82) is 0 Å². The summed E-state index contributed by atoms with van der Waals surface area (Å²) in [6, 6.07) is 19.3. The van der Waals surface area contributed by atoms with Crippen LogP contribution in [-0.2, 0) is 27.8 Å². The quantitative estimate of drug-likeness (QED) is 0.673. The number of benzene rings is 2. The largest absolute Gasteiger partial charge is 0.359 e. The first-order valence-corrected chi connectivity index (χ1v) is 10.8. The second-order valence-electron chi connectivity index (χ2n) is 9.65. The molecule has 0 unspecified atom stereocenters. The maximum absolute atomic E-state index is 13.5. The number of nitrogens with zero attached hydrogens (tertiary/aromatic N) is 1. The standard InChI is InChI=1S/C26H35NO2/c1-19(2)24(16-21-11-13-22(14-12-21)26(3,4)5)25(28)27-18-29-17-23(27)15-20-9-7-6-8-10-20/h6-14,19,23-24H,15-18H2,1-5H3/t23-,24-/m1/s1. The molecule has 156 valence electrons. The van der Waals surface area contributed by atoms with Gasteiger partial charge in [0, 0.05) is 5.92 Å². The molecule has 1 saturated heterocycles. The Morgan fingerprint density at radius 2 is 1.69 bits per heavy atom. The van der Waals surface area contributed by atoms with Crippen molar-refractivity contribution in [3.8, 4) is 0 Å². The molecular formula is C26H35NO2. The fourth-order valence-corrected chi connectivity index (χ4v) is 4.00. The van der Waals surface area contributed by atoms with Gasteiger partial charge in [0.25, 0.3) is 0 Å². The summed E-state index contributed by atoms with van der Waals surface area (Å²) in [5.74, 6) is 0.469. The van der Waals surface area contributed by atoms with Crippen LogP contribution in [0.3, 0.4) is 0 Å². The van der Waals surface area contributed by atoms with Crippen molar-refractivity contribution >= 4 is 5.91 Å². The summed E-state index contributed by atoms with van der Waals surface area (Å²) < 4.78 is 5.70. The minimum absolute atomic E-state index is 0.0320. The lowest BCUT2D eigenvalue weighted by Gasteiger charge is -2.29. The first-order valence-electron chi connectivity index (χ1n) is 10.8. The molecule has 0 bridgehead atoms. The third kappa shape index (κ3) is 5.48. The summed E-state index contributed by atoms with van der Waals surface area (Å²) in [7, 11) is 0. The number of ether oxygens (including phenoxy) is 1. The maximum Gasteiger partial charge on any atom is 0.228 e. The predicted octanol–water partition coefficient (Wildman–Crippen LogP) is 5.23. The molecule has 3 heteroatoms. The van der Waals surface area contributed by atoms with E-state index in [0.717, 1.165) is 12.8 Å². The highest BCUT2D eigenvalue weighted by Gasteiger charge is 2.35. The Morgan fingerprint density at radius 3 is 2.28 bits per heavy atom. The number of rotatable bonds is 6. The molecule has 0 spiro atoms. The summed E-state index contributed by atoms with van der Waals surface area (Å²) in [4.78, 5) is 15.4. The molecule has 0 saturated carbocycles. The molecule has 0 aromatic heterocycles. The van der Waals surface area contributed by atoms with E-state index in [2.05, 4.69) is 83.1 Å². The lowest BCUT2D eigenvalue weighted by Crippen LogP contribution is -2.43. The molecule has 2 aromatic rings. The third-order valence-electron chi connectivity index (χ3n) is 5.98. The van der Waals surface area contributed by atoms with Crippen LogP contribution in [0.15, 0.2) is 54.6 Å². The lowest BCUT2D eigenvalue weighted by atomic mass is 9.84. The van der Waals surface area contributed by atoms with Crippen molar-refractivity contribution in [2.75, 3.05) is 13.3 Å². The zero-order valence-electron chi connectivity index (χ0n) is 18.5. The molecule has 1 aliphatic rings. The topological polar surface area (TPSA) is 29.5 Å². The van der Waals surface area contributed by atoms with Crippen LogP contribution in [0.1, 0.15) is 51.3 Å². The van der Waals surface area contributed by atoms with Gasteiger partial charge in [0.15, 0.2) is 0 Å². The van der Waals surface area contributed by atoms with Crippen molar-refractivity contribution in [1.82, 2.24) is 4.90 Å². The number of amides is 1. The van der Waals surface area contributed by atoms with Crippen LogP contribution in [0.25, 0.3) is 0 Å². The van der Waals surface area contributed by atoms with E-state index in [1.54, 1.807) is 0 Å². The Kier molecular flexibility index (Phi) is 6.79. The minimum Gasteiger partial charge on any atom is -0.359 e. The van der Waals surface area contributed by atoms with Crippen LogP contribution in [0.2, 0.25) is 0 Å². The molecule has 3 rings (SSSR count). The SMILES string of the molecule is CC(C)[C@@H](Cc1ccc(C(C)(C)C)cc1)C(=O)N1COC[C@H]1Cc1ccccc1. The Balaban J connectivity index is 1.71. The normalized spacial score (nSPS) is 18.3. The van der Waals surface area contributed by atoms with Gasteiger partial charge in [-0.25, -0.2) is 0 Å². The van der Waals surface area contributed by atoms with Crippen LogP contribution in [0.4, 0.5) is 0 Å². The van der Waals surface area contributed by atoms with Crippen LogP contribution < -0.4 is 0 Å². The first kappa shape index (κ1) is 21.6. The average molecular weight is 394 g/mol. The van der Waals surface area contributed by atoms with Gasteiger partial charge in [-0.15, -0.1) is 0 Å². The van der Waals surface area contributed by atoms with Gasteiger partial charge < -0.3 is 9.64 Å². The zero-order chi connectivity index (χ0) is 21.0. The number of carbonyl (C=O) groups is 1. The van der Waals surface area contributed by atoms with E-state index in [0.29, 0.717) is 13.3 Å². The van der Waals surface area contributed by atoms with Gasteiger partial charge in [0.05, 0.1) is 12.6 Å². The van der Waals surface area contributed by atoms with Gasteiger partial charge in [-0.2, -0.15) is 0 Å². The zero-order valence-corrected chi connectivity index (χ0v) is 18.5. The Bertz CT molecular complexity index is 790. The highest BCUT2D eigenvalue weighted by atomic mass is 16.5. The summed E-state index contributed by atoms with van der Waals surface area (Å²) in [5, 5.41) is 0. The monoisotopic (exact) mass is 393 g/mol. The number of hydrogen-bond acceptors (Lipinski definition) is 2. The van der Waals surface area contributed by atoms with Crippen LogP contribution >= 0.6 is 0 Å². The second-order valence-corrected chi connectivity index (χ2v) is 9.65. The molecule has 1 aliphatic heterocycles. The van der Waals surface area contributed by atoms with E-state index < -0.39 is 0 Å². The molecule has 3 nitrogen and oxygen atoms in total. The fraction of sp³-hybridized carbons (Fsp3) is 0.500. The van der Waals surface area contributed by atoms with E-state index in [1.165, 1.54) is 16.7 Å². The van der Waals surface area contributed by atoms with E-state index >= 15 is 0 Å². The molecule has 1 fully saturated rings. The molecule has 1 amide bonds. The highest BCUT2D eigenvalue weighted by Crippen LogP contribution is 2.27. The van der Waals surface area contributed by atoms with Crippen LogP contribution in [0.5, 0.6) is 0 Å². The van der Waals surface area contributed by atoms with Crippen LogP contribution in [-0.4, -0.2) is 30.2 Å². The van der Waals surface area contributed by atoms with E-state index in [9.17, 15) is 4.79 Å². The molecule has 2 atom stereocenters. The second kappa shape index (κ2) is 9.13. The molecule has 2 aromatic carbocycles. The van der Waals surface area contributed by atoms with Gasteiger partial charge in [0.2, 0.25) is 5.91 Å². The Morgan fingerprint density at radius 1 is 1.03 bits per heavy atom. The summed E-state index contributed by atoms with van der Waals surface area (Å²) in [6.07, 6.45) is 1.62. The smallest absolute Gasteiger partial charge is 0.228 e. The Labute approximate surface area is 176 Å². The van der Waals surface area contributed by atoms with Crippen molar-refractivity contribution in [3.63, 3.8) is 0 Å². The number of hydrogen-bond donors (Lipinski definition) is 0. The molecule has 0 aliphatic carbocycles. The summed E-state index contributed by atoms with van der Waals surface area (Å²) >= 11 is 0. The van der Waals surface area contributed by atoms with Crippen LogP contribution in [0, 0.1) is 11.8 Å². The van der Waals surface area contributed by atoms with Gasteiger partial charge in [0.1, 0.15) is 6.73 Å². The van der Waals surface area contributed by atoms with Crippen molar-refractivity contribution in [3.05, 3.63) is 71.3 Å². The molecular weight excluding hydrogens is 358 g/mol. The lowest BCUT2D eigenvalue weighted by molar-refractivity contribution is -0.139. The van der Waals surface area contributed by atoms with Crippen molar-refractivity contribution < 1.29 is 9.53 Å². The van der Waals surface area contributed by atoms with Gasteiger partial charge >= 0.3 is 0 Å². The van der Waals surface area contributed by atoms with E-state index in [1.807, 2.05) is 11.0 Å². The third-order valence-corrected chi connectivity index (χ3v) is 5.98. The van der Waals surface area contributed by atoms with Gasteiger partial charge in [-0.1, -0.05) is 89.2 Å². The number of carbonyl (C=O) groups excluding carboxylic acids is 1. The summed E-state index contributed by atoms with van der Waals surface area (Å²) in [6.45, 7) is 12.0. The molecule has 0 N–H and O–H groups in total. The maximum atomic E-state index is 13.5. The molecule has 29 heavy (non-hydrogen) atoms.